The van der Waals surface area contributed by atoms with Crippen molar-refractivity contribution in [3.8, 4) is 0 Å². The lowest BCUT2D eigenvalue weighted by Gasteiger charge is -2.39. The van der Waals surface area contributed by atoms with Crippen LogP contribution in [0, 0.1) is 0 Å². The minimum absolute atomic E-state index is 0.152. The summed E-state index contributed by atoms with van der Waals surface area (Å²) in [6, 6.07) is 45.7. The Balaban J connectivity index is 1.30. The molecule has 0 spiro atoms. The second kappa shape index (κ2) is 10.6. The Hall–Kier alpha value is -4.86. The van der Waals surface area contributed by atoms with E-state index in [-0.39, 0.29) is 5.41 Å². The molecule has 5 aromatic carbocycles. The summed E-state index contributed by atoms with van der Waals surface area (Å²) in [6.07, 6.45) is 16.2. The second-order valence-electron chi connectivity index (χ2n) is 13.3. The van der Waals surface area contributed by atoms with Gasteiger partial charge in [-0.15, -0.1) is 0 Å². The number of benzene rings is 5. The summed E-state index contributed by atoms with van der Waals surface area (Å²) >= 11 is 0. The Bertz CT molecular complexity index is 2150. The maximum Gasteiger partial charge on any atom is 0.175 e. The summed E-state index contributed by atoms with van der Waals surface area (Å²) in [4.78, 5) is 2.65. The van der Waals surface area contributed by atoms with Crippen LogP contribution in [-0.2, 0) is 5.41 Å². The van der Waals surface area contributed by atoms with Crippen molar-refractivity contribution in [2.24, 2.45) is 0 Å². The van der Waals surface area contributed by atoms with Crippen molar-refractivity contribution in [3.63, 3.8) is 0 Å². The fourth-order valence-corrected chi connectivity index (χ4v) is 13.9. The monoisotopic (exact) mass is 611 g/mol. The van der Waals surface area contributed by atoms with Crippen molar-refractivity contribution in [3.05, 3.63) is 162 Å². The molecular weight excluding hydrogens is 575 g/mol. The third-order valence-corrected chi connectivity index (χ3v) is 15.8. The highest BCUT2D eigenvalue weighted by Gasteiger charge is 2.50. The van der Waals surface area contributed by atoms with E-state index in [1.165, 1.54) is 43.3 Å². The molecule has 0 saturated carbocycles. The van der Waals surface area contributed by atoms with E-state index in [9.17, 15) is 0 Å². The van der Waals surface area contributed by atoms with Crippen LogP contribution in [0.25, 0.3) is 21.9 Å². The summed E-state index contributed by atoms with van der Waals surface area (Å²) < 4.78 is 6.70. The topological polar surface area (TPSA) is 16.4 Å². The lowest BCUT2D eigenvalue weighted by Crippen LogP contribution is -2.68. The van der Waals surface area contributed by atoms with Gasteiger partial charge in [0.25, 0.3) is 0 Å². The van der Waals surface area contributed by atoms with Crippen LogP contribution in [0.15, 0.2) is 161 Å². The standard InChI is InChI=1S/C43H37NOSi/c1-43-29-14-13-26-40(43)44(38-28-27-37-36-24-11-12-25-39(36)45-42(37)41(38)43)31-16-15-23-35(30-31)46(32-17-5-2-6-18-32,33-19-7-3-8-20-33)34-21-9-4-10-22-34/h2-9,11-12,14-21,23-25,27-30,40H,10,13,22,26H2,1H3. The first-order valence-corrected chi connectivity index (χ1v) is 18.7. The molecule has 46 heavy (non-hydrogen) atoms. The molecule has 0 radical (unpaired) electrons. The molecule has 9 rings (SSSR count). The fraction of sp³-hybridized carbons (Fsp3) is 0.163. The summed E-state index contributed by atoms with van der Waals surface area (Å²) in [5.74, 6) is 0. The molecule has 2 aliphatic carbocycles. The Morgan fingerprint density at radius 3 is 2.22 bits per heavy atom. The normalized spacial score (nSPS) is 20.6. The van der Waals surface area contributed by atoms with Gasteiger partial charge >= 0.3 is 0 Å². The highest BCUT2D eigenvalue weighted by Crippen LogP contribution is 2.55. The van der Waals surface area contributed by atoms with E-state index in [1.54, 1.807) is 5.20 Å². The van der Waals surface area contributed by atoms with Gasteiger partial charge in [0.2, 0.25) is 0 Å². The minimum Gasteiger partial charge on any atom is -0.456 e. The lowest BCUT2D eigenvalue weighted by atomic mass is 9.73. The van der Waals surface area contributed by atoms with Crippen LogP contribution in [0.2, 0.25) is 0 Å². The number of nitrogens with zero attached hydrogens (tertiary/aromatic N) is 1. The van der Waals surface area contributed by atoms with Gasteiger partial charge < -0.3 is 9.32 Å². The maximum atomic E-state index is 6.70. The molecule has 1 aliphatic heterocycles. The molecule has 3 heteroatoms. The molecule has 0 saturated heterocycles. The van der Waals surface area contributed by atoms with E-state index >= 15 is 0 Å². The number of rotatable bonds is 5. The van der Waals surface area contributed by atoms with Gasteiger partial charge in [0.15, 0.2) is 8.07 Å². The predicted octanol–water partition coefficient (Wildman–Crippen LogP) is 9.00. The summed E-state index contributed by atoms with van der Waals surface area (Å²) in [5.41, 5.74) is 5.71. The van der Waals surface area contributed by atoms with Crippen LogP contribution in [0.1, 0.15) is 38.2 Å². The molecule has 224 valence electrons. The van der Waals surface area contributed by atoms with Gasteiger partial charge in [0.05, 0.1) is 0 Å². The van der Waals surface area contributed by atoms with Crippen molar-refractivity contribution >= 4 is 56.9 Å². The molecule has 1 aromatic heterocycles. The zero-order valence-electron chi connectivity index (χ0n) is 26.2. The Labute approximate surface area is 272 Å². The van der Waals surface area contributed by atoms with Gasteiger partial charge in [-0.2, -0.15) is 0 Å². The smallest absolute Gasteiger partial charge is 0.175 e. The van der Waals surface area contributed by atoms with Crippen LogP contribution in [0.5, 0.6) is 0 Å². The molecule has 0 N–H and O–H groups in total. The molecule has 0 fully saturated rings. The fourth-order valence-electron chi connectivity index (χ4n) is 8.86. The zero-order valence-corrected chi connectivity index (χ0v) is 27.2. The predicted molar refractivity (Wildman–Crippen MR) is 196 cm³/mol. The third-order valence-electron chi connectivity index (χ3n) is 10.9. The highest BCUT2D eigenvalue weighted by molar-refractivity contribution is 7.16. The summed E-state index contributed by atoms with van der Waals surface area (Å²) in [6.45, 7) is 2.43. The molecule has 0 amide bonds. The number of anilines is 2. The molecule has 2 unspecified atom stereocenters. The van der Waals surface area contributed by atoms with Crippen LogP contribution < -0.4 is 20.5 Å². The van der Waals surface area contributed by atoms with Gasteiger partial charge in [-0.3, -0.25) is 0 Å². The molecule has 6 aromatic rings. The van der Waals surface area contributed by atoms with Gasteiger partial charge in [-0.25, -0.2) is 0 Å². The van der Waals surface area contributed by atoms with Crippen molar-refractivity contribution in [2.45, 2.75) is 44.1 Å². The second-order valence-corrected chi connectivity index (χ2v) is 17.1. The molecule has 2 heterocycles. The summed E-state index contributed by atoms with van der Waals surface area (Å²) in [5, 5.41) is 8.29. The molecule has 2 nitrogen and oxygen atoms in total. The Kier molecular flexibility index (Phi) is 6.33. The highest BCUT2D eigenvalue weighted by atomic mass is 28.3. The zero-order chi connectivity index (χ0) is 30.7. The Morgan fingerprint density at radius 1 is 0.717 bits per heavy atom. The number of fused-ring (bicyclic) bond motifs is 7. The number of allylic oxidation sites excluding steroid dienone is 5. The van der Waals surface area contributed by atoms with E-state index in [4.69, 9.17) is 4.42 Å². The first-order chi connectivity index (χ1) is 22.7. The van der Waals surface area contributed by atoms with Crippen molar-refractivity contribution in [1.29, 1.82) is 0 Å². The van der Waals surface area contributed by atoms with E-state index in [0.29, 0.717) is 6.04 Å². The molecule has 0 bridgehead atoms. The number of hydrogen-bond acceptors (Lipinski definition) is 2. The largest absolute Gasteiger partial charge is 0.456 e. The average molecular weight is 612 g/mol. The van der Waals surface area contributed by atoms with Gasteiger partial charge in [0, 0.05) is 39.2 Å². The van der Waals surface area contributed by atoms with Crippen LogP contribution in [0.3, 0.4) is 0 Å². The third kappa shape index (κ3) is 3.88. The van der Waals surface area contributed by atoms with E-state index in [0.717, 1.165) is 36.8 Å². The average Bonchev–Trinajstić information content (AvgIpc) is 3.63. The lowest BCUT2D eigenvalue weighted by molar-refractivity contribution is 0.439. The van der Waals surface area contributed by atoms with E-state index in [1.807, 2.05) is 0 Å². The van der Waals surface area contributed by atoms with Crippen molar-refractivity contribution in [1.82, 2.24) is 0 Å². The van der Waals surface area contributed by atoms with E-state index < -0.39 is 8.07 Å². The number of hydrogen-bond donors (Lipinski definition) is 0. The first-order valence-electron chi connectivity index (χ1n) is 16.7. The van der Waals surface area contributed by atoms with Crippen molar-refractivity contribution < 1.29 is 4.42 Å². The molecule has 2 atom stereocenters. The Morgan fingerprint density at radius 2 is 1.46 bits per heavy atom. The van der Waals surface area contributed by atoms with E-state index in [2.05, 4.69) is 164 Å². The van der Waals surface area contributed by atoms with Crippen molar-refractivity contribution in [2.75, 3.05) is 4.90 Å². The van der Waals surface area contributed by atoms with Gasteiger partial charge in [-0.1, -0.05) is 127 Å². The van der Waals surface area contributed by atoms with Gasteiger partial charge in [0.1, 0.15) is 11.2 Å². The number of para-hydroxylation sites is 1. The maximum absolute atomic E-state index is 6.70. The quantitative estimate of drug-likeness (QED) is 0.110. The van der Waals surface area contributed by atoms with Crippen LogP contribution in [0.4, 0.5) is 11.4 Å². The van der Waals surface area contributed by atoms with Crippen LogP contribution in [-0.4, -0.2) is 14.1 Å². The molecular formula is C43H37NOSi. The molecule has 3 aliphatic rings. The van der Waals surface area contributed by atoms with Crippen LogP contribution >= 0.6 is 0 Å². The summed E-state index contributed by atoms with van der Waals surface area (Å²) in [7, 11) is -2.57. The SMILES string of the molecule is CC12C=CCCC1N(c1cccc([Si](C3=CC=CCC3)(c3ccccc3)c3ccccc3)c1)c1ccc3c(oc4ccccc43)c12. The first kappa shape index (κ1) is 27.4. The van der Waals surface area contributed by atoms with Gasteiger partial charge in [-0.05, 0) is 78.5 Å². The number of furan rings is 1. The minimum atomic E-state index is -2.57.